The quantitative estimate of drug-likeness (QED) is 0.821. The summed E-state index contributed by atoms with van der Waals surface area (Å²) in [6, 6.07) is 3.60. The second kappa shape index (κ2) is 7.73. The number of ether oxygens (including phenoxy) is 3. The normalized spacial score (nSPS) is 17.0. The second-order valence-electron chi connectivity index (χ2n) is 5.22. The summed E-state index contributed by atoms with van der Waals surface area (Å²) in [7, 11) is 4.76. The standard InChI is InChI=1S/C17H23NO4/c1-20-14-10-16(22-3)15(21-2)9-13(14)11-18-17(19)12-7-5-4-6-8-12/h4-5,9-10,12H,6-8,11H2,1-3H3,(H,18,19)/t12-/m0/s1. The molecule has 0 aliphatic heterocycles. The zero-order chi connectivity index (χ0) is 15.9. The topological polar surface area (TPSA) is 56.8 Å². The van der Waals surface area contributed by atoms with E-state index in [1.54, 1.807) is 27.4 Å². The van der Waals surface area contributed by atoms with Gasteiger partial charge in [0, 0.05) is 24.1 Å². The lowest BCUT2D eigenvalue weighted by Gasteiger charge is -2.18. The van der Waals surface area contributed by atoms with Gasteiger partial charge in [0.15, 0.2) is 11.5 Å². The molecule has 5 heteroatoms. The predicted octanol–water partition coefficient (Wildman–Crippen LogP) is 2.68. The first kappa shape index (κ1) is 16.2. The third-order valence-electron chi connectivity index (χ3n) is 3.88. The van der Waals surface area contributed by atoms with Gasteiger partial charge in [0.1, 0.15) is 5.75 Å². The van der Waals surface area contributed by atoms with E-state index in [0.717, 1.165) is 24.8 Å². The van der Waals surface area contributed by atoms with Crippen LogP contribution >= 0.6 is 0 Å². The maximum atomic E-state index is 12.2. The summed E-state index contributed by atoms with van der Waals surface area (Å²) in [5.41, 5.74) is 0.861. The Morgan fingerprint density at radius 2 is 1.77 bits per heavy atom. The molecule has 1 amide bonds. The lowest BCUT2D eigenvalue weighted by atomic mass is 9.93. The van der Waals surface area contributed by atoms with Gasteiger partial charge in [-0.2, -0.15) is 0 Å². The molecule has 0 saturated carbocycles. The van der Waals surface area contributed by atoms with Crippen molar-refractivity contribution in [1.82, 2.24) is 5.32 Å². The van der Waals surface area contributed by atoms with Crippen LogP contribution in [0.1, 0.15) is 24.8 Å². The smallest absolute Gasteiger partial charge is 0.223 e. The number of benzene rings is 1. The van der Waals surface area contributed by atoms with E-state index in [9.17, 15) is 4.79 Å². The molecular formula is C17H23NO4. The van der Waals surface area contributed by atoms with Crippen LogP contribution in [0.5, 0.6) is 17.2 Å². The highest BCUT2D eigenvalue weighted by molar-refractivity contribution is 5.79. The van der Waals surface area contributed by atoms with Crippen LogP contribution in [-0.2, 0) is 11.3 Å². The van der Waals surface area contributed by atoms with E-state index in [1.165, 1.54) is 0 Å². The summed E-state index contributed by atoms with van der Waals surface area (Å²) in [5.74, 6) is 2.04. The molecule has 0 aromatic heterocycles. The van der Waals surface area contributed by atoms with Crippen LogP contribution in [0.2, 0.25) is 0 Å². The molecule has 0 unspecified atom stereocenters. The van der Waals surface area contributed by atoms with E-state index in [4.69, 9.17) is 14.2 Å². The molecule has 0 spiro atoms. The zero-order valence-corrected chi connectivity index (χ0v) is 13.3. The van der Waals surface area contributed by atoms with Crippen LogP contribution in [0.3, 0.4) is 0 Å². The van der Waals surface area contributed by atoms with Gasteiger partial charge in [-0.15, -0.1) is 0 Å². The number of allylic oxidation sites excluding steroid dienone is 2. The summed E-state index contributed by atoms with van der Waals surface area (Å²) in [6.07, 6.45) is 6.89. The maximum Gasteiger partial charge on any atom is 0.223 e. The average molecular weight is 305 g/mol. The fourth-order valence-electron chi connectivity index (χ4n) is 2.59. The monoisotopic (exact) mass is 305 g/mol. The highest BCUT2D eigenvalue weighted by Gasteiger charge is 2.19. The molecule has 2 rings (SSSR count). The zero-order valence-electron chi connectivity index (χ0n) is 13.3. The number of carbonyl (C=O) groups is 1. The minimum absolute atomic E-state index is 0.0659. The molecule has 1 N–H and O–H groups in total. The molecule has 5 nitrogen and oxygen atoms in total. The molecule has 0 bridgehead atoms. The van der Waals surface area contributed by atoms with Crippen molar-refractivity contribution in [1.29, 1.82) is 0 Å². The highest BCUT2D eigenvalue weighted by Crippen LogP contribution is 2.34. The van der Waals surface area contributed by atoms with Crippen molar-refractivity contribution in [2.45, 2.75) is 25.8 Å². The minimum atomic E-state index is 0.0659. The maximum absolute atomic E-state index is 12.2. The van der Waals surface area contributed by atoms with Gasteiger partial charge in [0.25, 0.3) is 0 Å². The third kappa shape index (κ3) is 3.72. The van der Waals surface area contributed by atoms with Crippen LogP contribution < -0.4 is 19.5 Å². The molecule has 1 aromatic rings. The Labute approximate surface area is 131 Å². The summed E-state index contributed by atoms with van der Waals surface area (Å²) < 4.78 is 15.9. The van der Waals surface area contributed by atoms with E-state index in [1.807, 2.05) is 6.07 Å². The summed E-state index contributed by atoms with van der Waals surface area (Å²) in [5, 5.41) is 2.98. The molecule has 1 aliphatic carbocycles. The van der Waals surface area contributed by atoms with Crippen LogP contribution in [0.4, 0.5) is 0 Å². The summed E-state index contributed by atoms with van der Waals surface area (Å²) >= 11 is 0. The van der Waals surface area contributed by atoms with Gasteiger partial charge in [-0.1, -0.05) is 12.2 Å². The number of nitrogens with one attached hydrogen (secondary N) is 1. The molecule has 1 aliphatic rings. The van der Waals surface area contributed by atoms with E-state index >= 15 is 0 Å². The molecule has 0 saturated heterocycles. The SMILES string of the molecule is COc1cc(OC)c(OC)cc1CNC(=O)[C@H]1CC=CCC1. The van der Waals surface area contributed by atoms with E-state index in [2.05, 4.69) is 17.5 Å². The fourth-order valence-corrected chi connectivity index (χ4v) is 2.59. The lowest BCUT2D eigenvalue weighted by molar-refractivity contribution is -0.125. The van der Waals surface area contributed by atoms with Crippen LogP contribution in [0.15, 0.2) is 24.3 Å². The van der Waals surface area contributed by atoms with Crippen molar-refractivity contribution in [3.63, 3.8) is 0 Å². The summed E-state index contributed by atoms with van der Waals surface area (Å²) in [4.78, 5) is 12.2. The fraction of sp³-hybridized carbons (Fsp3) is 0.471. The van der Waals surface area contributed by atoms with Gasteiger partial charge in [-0.3, -0.25) is 4.79 Å². The van der Waals surface area contributed by atoms with Gasteiger partial charge in [0.05, 0.1) is 21.3 Å². The van der Waals surface area contributed by atoms with Crippen LogP contribution in [-0.4, -0.2) is 27.2 Å². The molecule has 1 aromatic carbocycles. The Bertz CT molecular complexity index is 554. The number of amides is 1. The van der Waals surface area contributed by atoms with Crippen molar-refractivity contribution >= 4 is 5.91 Å². The number of rotatable bonds is 6. The molecule has 0 radical (unpaired) electrons. The van der Waals surface area contributed by atoms with Crippen molar-refractivity contribution < 1.29 is 19.0 Å². The molecule has 0 fully saturated rings. The molecule has 120 valence electrons. The first-order valence-electron chi connectivity index (χ1n) is 7.41. The van der Waals surface area contributed by atoms with Gasteiger partial charge in [0.2, 0.25) is 5.91 Å². The largest absolute Gasteiger partial charge is 0.496 e. The Kier molecular flexibility index (Phi) is 5.69. The molecule has 1 atom stereocenters. The van der Waals surface area contributed by atoms with Crippen molar-refractivity contribution in [2.75, 3.05) is 21.3 Å². The Hall–Kier alpha value is -2.17. The van der Waals surface area contributed by atoms with E-state index < -0.39 is 0 Å². The number of hydrogen-bond acceptors (Lipinski definition) is 4. The van der Waals surface area contributed by atoms with Gasteiger partial charge in [-0.05, 0) is 25.3 Å². The highest BCUT2D eigenvalue weighted by atomic mass is 16.5. The van der Waals surface area contributed by atoms with Crippen molar-refractivity contribution in [2.24, 2.45) is 5.92 Å². The Morgan fingerprint density at radius 3 is 2.36 bits per heavy atom. The van der Waals surface area contributed by atoms with Crippen molar-refractivity contribution in [3.05, 3.63) is 29.8 Å². The molecule has 22 heavy (non-hydrogen) atoms. The Morgan fingerprint density at radius 1 is 1.09 bits per heavy atom. The second-order valence-corrected chi connectivity index (χ2v) is 5.22. The minimum Gasteiger partial charge on any atom is -0.496 e. The van der Waals surface area contributed by atoms with Crippen molar-refractivity contribution in [3.8, 4) is 17.2 Å². The molecular weight excluding hydrogens is 282 g/mol. The van der Waals surface area contributed by atoms with Crippen LogP contribution in [0.25, 0.3) is 0 Å². The first-order valence-corrected chi connectivity index (χ1v) is 7.41. The van der Waals surface area contributed by atoms with E-state index in [0.29, 0.717) is 23.8 Å². The van der Waals surface area contributed by atoms with Crippen LogP contribution in [0, 0.1) is 5.92 Å². The van der Waals surface area contributed by atoms with Gasteiger partial charge in [-0.25, -0.2) is 0 Å². The number of methoxy groups -OCH3 is 3. The van der Waals surface area contributed by atoms with Gasteiger partial charge < -0.3 is 19.5 Å². The Balaban J connectivity index is 2.08. The lowest BCUT2D eigenvalue weighted by Crippen LogP contribution is -2.30. The first-order chi connectivity index (χ1) is 10.7. The van der Waals surface area contributed by atoms with E-state index in [-0.39, 0.29) is 11.8 Å². The number of hydrogen-bond donors (Lipinski definition) is 1. The number of carbonyl (C=O) groups excluding carboxylic acids is 1. The molecule has 0 heterocycles. The summed E-state index contributed by atoms with van der Waals surface area (Å²) in [6.45, 7) is 0.405. The predicted molar refractivity (Wildman–Crippen MR) is 84.4 cm³/mol. The third-order valence-corrected chi connectivity index (χ3v) is 3.88. The average Bonchev–Trinajstić information content (AvgIpc) is 2.59. The van der Waals surface area contributed by atoms with Gasteiger partial charge >= 0.3 is 0 Å².